The maximum absolute atomic E-state index is 14.6. The van der Waals surface area contributed by atoms with Crippen LogP contribution in [0.15, 0.2) is 60.9 Å². The first-order valence-corrected chi connectivity index (χ1v) is 7.99. The lowest BCUT2D eigenvalue weighted by Crippen LogP contribution is -1.97. The van der Waals surface area contributed by atoms with Gasteiger partial charge >= 0.3 is 6.08 Å². The topological polar surface area (TPSA) is 9.23 Å². The minimum atomic E-state index is -2.30. The number of halogens is 6. The summed E-state index contributed by atoms with van der Waals surface area (Å²) in [5.41, 5.74) is 0.710. The van der Waals surface area contributed by atoms with Gasteiger partial charge in [0, 0.05) is 0 Å². The van der Waals surface area contributed by atoms with Crippen molar-refractivity contribution in [3.63, 3.8) is 0 Å². The molecule has 0 amide bonds. The van der Waals surface area contributed by atoms with Crippen LogP contribution in [0.1, 0.15) is 13.0 Å². The molecule has 3 rings (SSSR count). The van der Waals surface area contributed by atoms with Crippen molar-refractivity contribution in [2.75, 3.05) is 0 Å². The number of rotatable bonds is 4. The lowest BCUT2D eigenvalue weighted by molar-refractivity contribution is 0.344. The fourth-order valence-corrected chi connectivity index (χ4v) is 2.68. The molecule has 0 atom stereocenters. The SMILES string of the molecule is C.Cc1ccc(-c2cc(F)c(-c3cc(F)c(OC=C(F)F)c(F)c3)c(F)c2)cc1. The molecule has 0 radical (unpaired) electrons. The second-order valence-electron chi connectivity index (χ2n) is 5.98. The Morgan fingerprint density at radius 3 is 1.69 bits per heavy atom. The van der Waals surface area contributed by atoms with Crippen LogP contribution in [-0.2, 0) is 0 Å². The molecule has 3 aromatic rings. The van der Waals surface area contributed by atoms with E-state index in [1.165, 1.54) is 0 Å². The molecule has 3 aromatic carbocycles. The van der Waals surface area contributed by atoms with E-state index in [2.05, 4.69) is 4.74 Å². The average Bonchev–Trinajstić information content (AvgIpc) is 2.60. The Balaban J connectivity index is 0.00000300. The van der Waals surface area contributed by atoms with Crippen LogP contribution in [0, 0.1) is 30.2 Å². The van der Waals surface area contributed by atoms with Crippen molar-refractivity contribution in [2.24, 2.45) is 0 Å². The zero-order chi connectivity index (χ0) is 20.4. The summed E-state index contributed by atoms with van der Waals surface area (Å²) in [5.74, 6) is -5.92. The summed E-state index contributed by atoms with van der Waals surface area (Å²) in [6, 6.07) is 10.2. The third-order valence-corrected chi connectivity index (χ3v) is 3.98. The molecule has 0 spiro atoms. The van der Waals surface area contributed by atoms with Gasteiger partial charge in [-0.15, -0.1) is 0 Å². The monoisotopic (exact) mass is 410 g/mol. The summed E-state index contributed by atoms with van der Waals surface area (Å²) in [7, 11) is 0. The van der Waals surface area contributed by atoms with Gasteiger partial charge in [0.2, 0.25) is 0 Å². The predicted octanol–water partition coefficient (Wildman–Crippen LogP) is 7.64. The molecule has 1 nitrogen and oxygen atoms in total. The van der Waals surface area contributed by atoms with Crippen LogP contribution in [0.3, 0.4) is 0 Å². The van der Waals surface area contributed by atoms with E-state index in [-0.39, 0.29) is 19.3 Å². The van der Waals surface area contributed by atoms with Gasteiger partial charge < -0.3 is 4.74 Å². The van der Waals surface area contributed by atoms with Crippen molar-refractivity contribution in [3.8, 4) is 28.0 Å². The molecule has 0 saturated carbocycles. The quantitative estimate of drug-likeness (QED) is 0.317. The largest absolute Gasteiger partial charge is 0.453 e. The molecule has 0 heterocycles. The predicted molar refractivity (Wildman–Crippen MR) is 99.5 cm³/mol. The van der Waals surface area contributed by atoms with E-state index in [1.54, 1.807) is 24.3 Å². The Bertz CT molecular complexity index is 1010. The van der Waals surface area contributed by atoms with E-state index >= 15 is 0 Å². The Hall–Kier alpha value is -3.22. The van der Waals surface area contributed by atoms with Gasteiger partial charge in [-0.25, -0.2) is 17.6 Å². The maximum atomic E-state index is 14.6. The fraction of sp³-hybridized carbons (Fsp3) is 0.0909. The third kappa shape index (κ3) is 4.80. The smallest absolute Gasteiger partial charge is 0.305 e. The summed E-state index contributed by atoms with van der Waals surface area (Å²) >= 11 is 0. The van der Waals surface area contributed by atoms with Gasteiger partial charge in [0.1, 0.15) is 11.6 Å². The molecule has 0 N–H and O–H groups in total. The number of ether oxygens (including phenoxy) is 1. The van der Waals surface area contributed by atoms with Crippen LogP contribution in [0.4, 0.5) is 26.3 Å². The van der Waals surface area contributed by atoms with Gasteiger partial charge in [-0.3, -0.25) is 0 Å². The second kappa shape index (κ2) is 8.86. The molecule has 0 fully saturated rings. The van der Waals surface area contributed by atoms with Crippen LogP contribution in [-0.4, -0.2) is 0 Å². The molecule has 0 aromatic heterocycles. The highest BCUT2D eigenvalue weighted by atomic mass is 19.3. The summed E-state index contributed by atoms with van der Waals surface area (Å²) in [6.45, 7) is 1.86. The van der Waals surface area contributed by atoms with Crippen LogP contribution >= 0.6 is 0 Å². The van der Waals surface area contributed by atoms with Crippen molar-refractivity contribution >= 4 is 0 Å². The number of aryl methyl sites for hydroxylation is 1. The summed E-state index contributed by atoms with van der Waals surface area (Å²) in [5, 5.41) is 0. The van der Waals surface area contributed by atoms with Gasteiger partial charge in [-0.1, -0.05) is 37.3 Å². The van der Waals surface area contributed by atoms with Crippen molar-refractivity contribution in [3.05, 3.63) is 89.7 Å². The zero-order valence-corrected chi connectivity index (χ0v) is 14.4. The van der Waals surface area contributed by atoms with E-state index in [4.69, 9.17) is 0 Å². The second-order valence-corrected chi connectivity index (χ2v) is 5.98. The maximum Gasteiger partial charge on any atom is 0.305 e. The minimum absolute atomic E-state index is 0. The molecular weight excluding hydrogens is 394 g/mol. The minimum Gasteiger partial charge on any atom is -0.453 e. The lowest BCUT2D eigenvalue weighted by Gasteiger charge is -2.11. The first-order chi connectivity index (χ1) is 13.3. The zero-order valence-electron chi connectivity index (χ0n) is 14.4. The number of benzene rings is 3. The fourth-order valence-electron chi connectivity index (χ4n) is 2.68. The molecule has 152 valence electrons. The molecule has 0 aliphatic heterocycles. The van der Waals surface area contributed by atoms with Crippen LogP contribution in [0.5, 0.6) is 5.75 Å². The van der Waals surface area contributed by atoms with Gasteiger partial charge in [0.25, 0.3) is 0 Å². The van der Waals surface area contributed by atoms with Crippen molar-refractivity contribution in [1.29, 1.82) is 0 Å². The molecule has 0 saturated heterocycles. The highest BCUT2D eigenvalue weighted by Gasteiger charge is 2.19. The Morgan fingerprint density at radius 2 is 1.21 bits per heavy atom. The van der Waals surface area contributed by atoms with Crippen LogP contribution in [0.2, 0.25) is 0 Å². The van der Waals surface area contributed by atoms with E-state index in [1.807, 2.05) is 6.92 Å². The van der Waals surface area contributed by atoms with Crippen LogP contribution < -0.4 is 4.74 Å². The standard InChI is InChI=1S/C21H12F6O.CH4/c1-11-2-4-12(5-3-11)13-6-15(22)20(16(23)7-13)14-8-17(24)21(18(25)9-14)28-10-19(26)27;/h2-10H,1H3;1H4. The highest BCUT2D eigenvalue weighted by molar-refractivity contribution is 5.72. The molecule has 0 aliphatic rings. The van der Waals surface area contributed by atoms with Crippen molar-refractivity contribution in [2.45, 2.75) is 14.4 Å². The summed E-state index contributed by atoms with van der Waals surface area (Å²) in [6.07, 6.45) is -2.44. The van der Waals surface area contributed by atoms with Gasteiger partial charge in [-0.05, 0) is 47.9 Å². The molecule has 29 heavy (non-hydrogen) atoms. The highest BCUT2D eigenvalue weighted by Crippen LogP contribution is 2.34. The van der Waals surface area contributed by atoms with Gasteiger partial charge in [0.15, 0.2) is 23.6 Å². The summed E-state index contributed by atoms with van der Waals surface area (Å²) < 4.78 is 85.4. The van der Waals surface area contributed by atoms with Crippen LogP contribution in [0.25, 0.3) is 22.3 Å². The Kier molecular flexibility index (Phi) is 6.74. The first kappa shape index (κ1) is 22.1. The molecule has 0 aliphatic carbocycles. The van der Waals surface area contributed by atoms with E-state index in [0.717, 1.165) is 17.7 Å². The molecule has 7 heteroatoms. The third-order valence-electron chi connectivity index (χ3n) is 3.98. The normalized spacial score (nSPS) is 10.3. The van der Waals surface area contributed by atoms with Crippen molar-refractivity contribution < 1.29 is 31.1 Å². The van der Waals surface area contributed by atoms with Crippen molar-refractivity contribution in [1.82, 2.24) is 0 Å². The van der Waals surface area contributed by atoms with E-state index in [0.29, 0.717) is 17.7 Å². The van der Waals surface area contributed by atoms with E-state index < -0.39 is 46.2 Å². The lowest BCUT2D eigenvalue weighted by atomic mass is 9.98. The summed E-state index contributed by atoms with van der Waals surface area (Å²) in [4.78, 5) is 0. The molecule has 0 bridgehead atoms. The van der Waals surface area contributed by atoms with Gasteiger partial charge in [0.05, 0.1) is 5.56 Å². The Labute approximate surface area is 163 Å². The first-order valence-electron chi connectivity index (χ1n) is 7.99. The number of hydrogen-bond donors (Lipinski definition) is 0. The Morgan fingerprint density at radius 1 is 0.724 bits per heavy atom. The average molecular weight is 410 g/mol. The molecular formula is C22H16F6O. The van der Waals surface area contributed by atoms with E-state index in [9.17, 15) is 26.3 Å². The van der Waals surface area contributed by atoms with Gasteiger partial charge in [-0.2, -0.15) is 8.78 Å². The molecule has 0 unspecified atom stereocenters. The number of hydrogen-bond acceptors (Lipinski definition) is 1.